The lowest BCUT2D eigenvalue weighted by molar-refractivity contribution is 0.525. The van der Waals surface area contributed by atoms with E-state index in [2.05, 4.69) is 18.9 Å². The zero-order valence-corrected chi connectivity index (χ0v) is 11.2. The fourth-order valence-electron chi connectivity index (χ4n) is 2.24. The highest BCUT2D eigenvalue weighted by atomic mass is 15.3. The van der Waals surface area contributed by atoms with E-state index in [0.717, 1.165) is 24.5 Å². The molecule has 1 aliphatic rings. The molecule has 4 nitrogen and oxygen atoms in total. The molecule has 96 valence electrons. The second-order valence-electron chi connectivity index (χ2n) is 5.54. The second-order valence-corrected chi connectivity index (χ2v) is 5.54. The highest BCUT2D eigenvalue weighted by Crippen LogP contribution is 2.38. The van der Waals surface area contributed by atoms with Crippen molar-refractivity contribution in [2.24, 2.45) is 12.8 Å². The van der Waals surface area contributed by atoms with Gasteiger partial charge in [0.25, 0.3) is 0 Å². The highest BCUT2D eigenvalue weighted by molar-refractivity contribution is 5.08. The number of hydrogen-bond acceptors (Lipinski definition) is 3. The molecule has 1 aliphatic carbocycles. The highest BCUT2D eigenvalue weighted by Gasteiger charge is 2.29. The molecule has 2 N–H and O–H groups in total. The van der Waals surface area contributed by atoms with Crippen LogP contribution in [0.1, 0.15) is 69.4 Å². The summed E-state index contributed by atoms with van der Waals surface area (Å²) >= 11 is 0. The van der Waals surface area contributed by atoms with E-state index in [0.29, 0.717) is 17.9 Å². The van der Waals surface area contributed by atoms with Crippen LogP contribution in [0.5, 0.6) is 0 Å². The maximum atomic E-state index is 5.77. The summed E-state index contributed by atoms with van der Waals surface area (Å²) in [6, 6.07) is 0.309. The van der Waals surface area contributed by atoms with E-state index >= 15 is 0 Å². The molecule has 0 aliphatic heterocycles. The van der Waals surface area contributed by atoms with Gasteiger partial charge in [-0.2, -0.15) is 5.10 Å². The third-order valence-corrected chi connectivity index (χ3v) is 3.49. The molecular weight excluding hydrogens is 212 g/mol. The van der Waals surface area contributed by atoms with E-state index in [9.17, 15) is 0 Å². The summed E-state index contributed by atoms with van der Waals surface area (Å²) in [7, 11) is 2.01. The van der Waals surface area contributed by atoms with Gasteiger partial charge in [-0.3, -0.25) is 4.68 Å². The minimum atomic E-state index is 0.309. The van der Waals surface area contributed by atoms with Gasteiger partial charge in [-0.25, -0.2) is 4.98 Å². The van der Waals surface area contributed by atoms with Crippen molar-refractivity contribution in [3.05, 3.63) is 11.6 Å². The molecule has 2 unspecified atom stereocenters. The summed E-state index contributed by atoms with van der Waals surface area (Å²) in [6.45, 7) is 4.31. The Labute approximate surface area is 104 Å². The molecule has 0 bridgehead atoms. The van der Waals surface area contributed by atoms with Crippen LogP contribution < -0.4 is 5.73 Å². The van der Waals surface area contributed by atoms with Gasteiger partial charge < -0.3 is 5.73 Å². The Morgan fingerprint density at radius 1 is 1.35 bits per heavy atom. The first-order valence-corrected chi connectivity index (χ1v) is 6.74. The molecule has 17 heavy (non-hydrogen) atoms. The molecule has 1 aromatic rings. The topological polar surface area (TPSA) is 56.7 Å². The fraction of sp³-hybridized carbons (Fsp3) is 0.846. The van der Waals surface area contributed by atoms with Crippen molar-refractivity contribution in [2.45, 2.75) is 63.8 Å². The fourth-order valence-corrected chi connectivity index (χ4v) is 2.24. The van der Waals surface area contributed by atoms with Crippen LogP contribution in [0.25, 0.3) is 0 Å². The standard InChI is InChI=1S/C13H24N4/c1-9(5-4-6-10(2)14)13-15-12(11-7-8-11)16-17(13)3/h9-11H,4-8,14H2,1-3H3. The molecule has 4 heteroatoms. The van der Waals surface area contributed by atoms with Gasteiger partial charge in [0.05, 0.1) is 0 Å². The van der Waals surface area contributed by atoms with Gasteiger partial charge in [0.2, 0.25) is 0 Å². The predicted octanol–water partition coefficient (Wildman–Crippen LogP) is 2.31. The SMILES string of the molecule is CC(N)CCCC(C)c1nc(C2CC2)nn1C. The van der Waals surface area contributed by atoms with Gasteiger partial charge in [-0.1, -0.05) is 13.3 Å². The Kier molecular flexibility index (Phi) is 3.82. The van der Waals surface area contributed by atoms with Crippen molar-refractivity contribution in [1.29, 1.82) is 0 Å². The predicted molar refractivity (Wildman–Crippen MR) is 68.9 cm³/mol. The Balaban J connectivity index is 1.91. The van der Waals surface area contributed by atoms with Gasteiger partial charge in [-0.15, -0.1) is 0 Å². The van der Waals surface area contributed by atoms with Crippen LogP contribution in [0, 0.1) is 0 Å². The Hall–Kier alpha value is -0.900. The number of rotatable bonds is 6. The van der Waals surface area contributed by atoms with Gasteiger partial charge in [0.1, 0.15) is 5.82 Å². The molecule has 1 saturated carbocycles. The third kappa shape index (κ3) is 3.28. The van der Waals surface area contributed by atoms with Crippen LogP contribution in [0.3, 0.4) is 0 Å². The van der Waals surface area contributed by atoms with E-state index in [-0.39, 0.29) is 0 Å². The Morgan fingerprint density at radius 3 is 2.65 bits per heavy atom. The van der Waals surface area contributed by atoms with E-state index in [1.54, 1.807) is 0 Å². The summed E-state index contributed by atoms with van der Waals surface area (Å²) in [5, 5.41) is 4.52. The van der Waals surface area contributed by atoms with Gasteiger partial charge in [0.15, 0.2) is 5.82 Å². The van der Waals surface area contributed by atoms with E-state index < -0.39 is 0 Å². The smallest absolute Gasteiger partial charge is 0.154 e. The van der Waals surface area contributed by atoms with Gasteiger partial charge in [-0.05, 0) is 32.6 Å². The maximum Gasteiger partial charge on any atom is 0.154 e. The average molecular weight is 236 g/mol. The molecular formula is C13H24N4. The number of nitrogens with two attached hydrogens (primary N) is 1. The average Bonchev–Trinajstić information content (AvgIpc) is 3.02. The van der Waals surface area contributed by atoms with Crippen LogP contribution in [0.4, 0.5) is 0 Å². The lowest BCUT2D eigenvalue weighted by Gasteiger charge is -2.11. The lowest BCUT2D eigenvalue weighted by Crippen LogP contribution is -2.14. The first-order chi connectivity index (χ1) is 8.08. The zero-order valence-electron chi connectivity index (χ0n) is 11.2. The molecule has 0 radical (unpaired) electrons. The third-order valence-electron chi connectivity index (χ3n) is 3.49. The van der Waals surface area contributed by atoms with Gasteiger partial charge >= 0.3 is 0 Å². The first-order valence-electron chi connectivity index (χ1n) is 6.74. The summed E-state index contributed by atoms with van der Waals surface area (Å²) in [5.74, 6) is 3.32. The van der Waals surface area contributed by atoms with Crippen LogP contribution >= 0.6 is 0 Å². The van der Waals surface area contributed by atoms with Crippen molar-refractivity contribution in [1.82, 2.24) is 14.8 Å². The molecule has 2 atom stereocenters. The van der Waals surface area contributed by atoms with Crippen LogP contribution in [0.2, 0.25) is 0 Å². The molecule has 0 aromatic carbocycles. The summed E-state index contributed by atoms with van der Waals surface area (Å²) < 4.78 is 1.96. The summed E-state index contributed by atoms with van der Waals surface area (Å²) in [6.07, 6.45) is 5.95. The van der Waals surface area contributed by atoms with Crippen LogP contribution in [-0.4, -0.2) is 20.8 Å². The Morgan fingerprint density at radius 2 is 2.06 bits per heavy atom. The molecule has 1 aromatic heterocycles. The van der Waals surface area contributed by atoms with Crippen LogP contribution in [0.15, 0.2) is 0 Å². The van der Waals surface area contributed by atoms with Crippen molar-refractivity contribution >= 4 is 0 Å². The number of nitrogens with zero attached hydrogens (tertiary/aromatic N) is 3. The molecule has 1 heterocycles. The van der Waals surface area contributed by atoms with Crippen molar-refractivity contribution in [3.63, 3.8) is 0 Å². The van der Waals surface area contributed by atoms with E-state index in [1.165, 1.54) is 19.3 Å². The normalized spacial score (nSPS) is 19.3. The lowest BCUT2D eigenvalue weighted by atomic mass is 10.0. The van der Waals surface area contributed by atoms with Crippen LogP contribution in [-0.2, 0) is 7.05 Å². The summed E-state index contributed by atoms with van der Waals surface area (Å²) in [4.78, 5) is 4.69. The number of hydrogen-bond donors (Lipinski definition) is 1. The Bertz CT molecular complexity index is 365. The molecule has 0 saturated heterocycles. The molecule has 0 spiro atoms. The second kappa shape index (κ2) is 5.17. The first kappa shape index (κ1) is 12.6. The minimum Gasteiger partial charge on any atom is -0.328 e. The molecule has 1 fully saturated rings. The van der Waals surface area contributed by atoms with E-state index in [4.69, 9.17) is 10.7 Å². The zero-order chi connectivity index (χ0) is 12.4. The van der Waals surface area contributed by atoms with Crippen molar-refractivity contribution in [2.75, 3.05) is 0 Å². The largest absolute Gasteiger partial charge is 0.328 e. The maximum absolute atomic E-state index is 5.77. The molecule has 0 amide bonds. The van der Waals surface area contributed by atoms with Gasteiger partial charge in [0, 0.05) is 24.9 Å². The number of aryl methyl sites for hydroxylation is 1. The van der Waals surface area contributed by atoms with E-state index in [1.807, 2.05) is 11.7 Å². The summed E-state index contributed by atoms with van der Waals surface area (Å²) in [5.41, 5.74) is 5.77. The van der Waals surface area contributed by atoms with Crippen molar-refractivity contribution in [3.8, 4) is 0 Å². The molecule has 2 rings (SSSR count). The van der Waals surface area contributed by atoms with Crippen molar-refractivity contribution < 1.29 is 0 Å². The quantitative estimate of drug-likeness (QED) is 0.824. The monoisotopic (exact) mass is 236 g/mol. The number of aromatic nitrogens is 3. The minimum absolute atomic E-state index is 0.309.